The van der Waals surface area contributed by atoms with Gasteiger partial charge in [0.25, 0.3) is 11.5 Å². The lowest BCUT2D eigenvalue weighted by atomic mass is 10.0. The lowest BCUT2D eigenvalue weighted by Crippen LogP contribution is -2.29. The Morgan fingerprint density at radius 3 is 2.47 bits per heavy atom. The van der Waals surface area contributed by atoms with Crippen molar-refractivity contribution in [1.29, 1.82) is 5.26 Å². The summed E-state index contributed by atoms with van der Waals surface area (Å²) in [5.74, 6) is 0.0429. The number of benzene rings is 1. The standard InChI is InChI=1S/C27H31FN4O2S2/c1-4-6-7-8-14-32-26(34)23(36-27(32)35)15-21-18(3)22(16-29)25(33)31(13-5-2)24(21)30-17-19-9-11-20(28)12-10-19/h9-12,15,30H,4-8,13-14,17H2,1-3H3/b23-15+. The second-order valence-corrected chi connectivity index (χ2v) is 10.4. The summed E-state index contributed by atoms with van der Waals surface area (Å²) in [6.45, 7) is 7.13. The van der Waals surface area contributed by atoms with E-state index in [1.54, 1.807) is 34.6 Å². The van der Waals surface area contributed by atoms with E-state index in [9.17, 15) is 19.2 Å². The molecule has 36 heavy (non-hydrogen) atoms. The Labute approximate surface area is 221 Å². The fourth-order valence-corrected chi connectivity index (χ4v) is 5.39. The van der Waals surface area contributed by atoms with Crippen LogP contribution < -0.4 is 10.9 Å². The highest BCUT2D eigenvalue weighted by atomic mass is 32.2. The maximum atomic E-state index is 13.4. The molecule has 0 unspecified atom stereocenters. The fourth-order valence-electron chi connectivity index (χ4n) is 4.10. The number of unbranched alkanes of at least 4 members (excludes halogenated alkanes) is 3. The number of hydrogen-bond donors (Lipinski definition) is 1. The molecule has 1 aromatic carbocycles. The molecule has 1 aromatic heterocycles. The smallest absolute Gasteiger partial charge is 0.270 e. The van der Waals surface area contributed by atoms with E-state index >= 15 is 0 Å². The molecule has 0 radical (unpaired) electrons. The summed E-state index contributed by atoms with van der Waals surface area (Å²) >= 11 is 6.73. The van der Waals surface area contributed by atoms with Crippen LogP contribution in [0.2, 0.25) is 0 Å². The lowest BCUT2D eigenvalue weighted by molar-refractivity contribution is -0.122. The highest BCUT2D eigenvalue weighted by molar-refractivity contribution is 8.26. The van der Waals surface area contributed by atoms with E-state index < -0.39 is 0 Å². The number of pyridine rings is 1. The van der Waals surface area contributed by atoms with Crippen molar-refractivity contribution in [3.63, 3.8) is 0 Å². The number of carbonyl (C=O) groups is 1. The van der Waals surface area contributed by atoms with Gasteiger partial charge in [-0.15, -0.1) is 0 Å². The van der Waals surface area contributed by atoms with Crippen LogP contribution >= 0.6 is 24.0 Å². The summed E-state index contributed by atoms with van der Waals surface area (Å²) in [7, 11) is 0. The molecule has 1 saturated heterocycles. The summed E-state index contributed by atoms with van der Waals surface area (Å²) in [4.78, 5) is 28.5. The molecule has 2 heterocycles. The summed E-state index contributed by atoms with van der Waals surface area (Å²) < 4.78 is 15.4. The molecule has 1 amide bonds. The van der Waals surface area contributed by atoms with Gasteiger partial charge in [0.2, 0.25) is 0 Å². The van der Waals surface area contributed by atoms with E-state index in [4.69, 9.17) is 12.2 Å². The van der Waals surface area contributed by atoms with Crippen LogP contribution in [0, 0.1) is 24.1 Å². The number of hydrogen-bond acceptors (Lipinski definition) is 6. The normalized spacial score (nSPS) is 14.5. The number of carbonyl (C=O) groups excluding carboxylic acids is 1. The van der Waals surface area contributed by atoms with Crippen LogP contribution in [0.25, 0.3) is 6.08 Å². The molecule has 0 aliphatic carbocycles. The van der Waals surface area contributed by atoms with Crippen molar-refractivity contribution in [2.45, 2.75) is 66.0 Å². The third-order valence-corrected chi connectivity index (χ3v) is 7.46. The number of thiocarbonyl (C=S) groups is 1. The van der Waals surface area contributed by atoms with Crippen LogP contribution in [-0.4, -0.2) is 26.2 Å². The number of nitrogens with one attached hydrogen (secondary N) is 1. The van der Waals surface area contributed by atoms with Gasteiger partial charge in [0.05, 0.1) is 4.91 Å². The van der Waals surface area contributed by atoms with Crippen molar-refractivity contribution < 1.29 is 9.18 Å². The molecule has 3 rings (SSSR count). The molecule has 1 aliphatic rings. The summed E-state index contributed by atoms with van der Waals surface area (Å²) in [6.07, 6.45) is 6.56. The van der Waals surface area contributed by atoms with Crippen LogP contribution in [0.1, 0.15) is 68.2 Å². The quantitative estimate of drug-likeness (QED) is 0.221. The minimum atomic E-state index is -0.376. The maximum absolute atomic E-state index is 13.4. The molecule has 0 bridgehead atoms. The zero-order valence-corrected chi connectivity index (χ0v) is 22.5. The number of thioether (sulfide) groups is 1. The predicted molar refractivity (Wildman–Crippen MR) is 148 cm³/mol. The first-order chi connectivity index (χ1) is 17.3. The SMILES string of the molecule is CCCCCCN1C(=O)/C(=C\c2c(C)c(C#N)c(=O)n(CCC)c2NCc2ccc(F)cc2)SC1=S. The van der Waals surface area contributed by atoms with Gasteiger partial charge in [-0.25, -0.2) is 4.39 Å². The molecule has 1 fully saturated rings. The summed E-state index contributed by atoms with van der Waals surface area (Å²) in [6, 6.07) is 8.15. The molecule has 1 N–H and O–H groups in total. The predicted octanol–water partition coefficient (Wildman–Crippen LogP) is 5.97. The first-order valence-corrected chi connectivity index (χ1v) is 13.5. The number of amides is 1. The van der Waals surface area contributed by atoms with Crippen molar-refractivity contribution in [2.24, 2.45) is 0 Å². The molecular formula is C27H31FN4O2S2. The maximum Gasteiger partial charge on any atom is 0.270 e. The van der Waals surface area contributed by atoms with Gasteiger partial charge in [-0.2, -0.15) is 5.26 Å². The van der Waals surface area contributed by atoms with Crippen molar-refractivity contribution in [2.75, 3.05) is 11.9 Å². The highest BCUT2D eigenvalue weighted by Crippen LogP contribution is 2.35. The highest BCUT2D eigenvalue weighted by Gasteiger charge is 2.32. The van der Waals surface area contributed by atoms with Gasteiger partial charge < -0.3 is 5.32 Å². The second-order valence-electron chi connectivity index (χ2n) is 8.70. The Bertz CT molecular complexity index is 1260. The number of halogens is 1. The zero-order valence-electron chi connectivity index (χ0n) is 20.9. The van der Waals surface area contributed by atoms with E-state index in [0.717, 1.165) is 31.2 Å². The Kier molecular flexibility index (Phi) is 9.85. The monoisotopic (exact) mass is 526 g/mol. The van der Waals surface area contributed by atoms with Gasteiger partial charge in [0.1, 0.15) is 27.6 Å². The van der Waals surface area contributed by atoms with Gasteiger partial charge in [-0.3, -0.25) is 19.1 Å². The molecule has 6 nitrogen and oxygen atoms in total. The molecule has 0 spiro atoms. The molecule has 0 saturated carbocycles. The Balaban J connectivity index is 2.04. The summed E-state index contributed by atoms with van der Waals surface area (Å²) in [5.41, 5.74) is 1.62. The van der Waals surface area contributed by atoms with Gasteiger partial charge in [-0.05, 0) is 49.1 Å². The van der Waals surface area contributed by atoms with Crippen LogP contribution in [0.15, 0.2) is 34.0 Å². The molecule has 2 aromatic rings. The molecule has 1 aliphatic heterocycles. The fraction of sp³-hybridized carbons (Fsp3) is 0.407. The Morgan fingerprint density at radius 2 is 1.83 bits per heavy atom. The number of anilines is 1. The van der Waals surface area contributed by atoms with Crippen molar-refractivity contribution in [3.05, 3.63) is 67.6 Å². The van der Waals surface area contributed by atoms with Crippen LogP contribution in [0.4, 0.5) is 10.2 Å². The van der Waals surface area contributed by atoms with E-state index in [0.29, 0.717) is 52.2 Å². The van der Waals surface area contributed by atoms with Crippen molar-refractivity contribution in [3.8, 4) is 6.07 Å². The minimum Gasteiger partial charge on any atom is -0.367 e. The third-order valence-electron chi connectivity index (χ3n) is 6.08. The zero-order chi connectivity index (χ0) is 26.2. The Morgan fingerprint density at radius 1 is 1.11 bits per heavy atom. The third kappa shape index (κ3) is 6.23. The van der Waals surface area contributed by atoms with Gasteiger partial charge in [0.15, 0.2) is 0 Å². The number of nitriles is 1. The van der Waals surface area contributed by atoms with E-state index in [1.807, 2.05) is 13.0 Å². The van der Waals surface area contributed by atoms with Gasteiger partial charge in [-0.1, -0.05) is 69.2 Å². The van der Waals surface area contributed by atoms with Crippen LogP contribution in [0.5, 0.6) is 0 Å². The number of nitrogens with zero attached hydrogens (tertiary/aromatic N) is 3. The number of rotatable bonds is 11. The van der Waals surface area contributed by atoms with Crippen molar-refractivity contribution in [1.82, 2.24) is 9.47 Å². The second kappa shape index (κ2) is 12.8. The van der Waals surface area contributed by atoms with E-state index in [1.165, 1.54) is 23.9 Å². The van der Waals surface area contributed by atoms with E-state index in [2.05, 4.69) is 12.2 Å². The first kappa shape index (κ1) is 27.6. The van der Waals surface area contributed by atoms with Crippen LogP contribution in [-0.2, 0) is 17.9 Å². The largest absolute Gasteiger partial charge is 0.367 e. The molecule has 9 heteroatoms. The van der Waals surface area contributed by atoms with Crippen molar-refractivity contribution >= 4 is 46.1 Å². The molecule has 190 valence electrons. The topological polar surface area (TPSA) is 78.1 Å². The van der Waals surface area contributed by atoms with Gasteiger partial charge >= 0.3 is 0 Å². The molecule has 0 atom stereocenters. The van der Waals surface area contributed by atoms with Gasteiger partial charge in [0, 0.05) is 25.2 Å². The van der Waals surface area contributed by atoms with E-state index in [-0.39, 0.29) is 22.8 Å². The average molecular weight is 527 g/mol. The molecular weight excluding hydrogens is 495 g/mol. The summed E-state index contributed by atoms with van der Waals surface area (Å²) in [5, 5.41) is 13.1. The van der Waals surface area contributed by atoms with Crippen LogP contribution in [0.3, 0.4) is 0 Å². The number of aromatic nitrogens is 1. The first-order valence-electron chi connectivity index (χ1n) is 12.2. The lowest BCUT2D eigenvalue weighted by Gasteiger charge is -2.20. The average Bonchev–Trinajstić information content (AvgIpc) is 3.13. The Hall–Kier alpha value is -2.96. The minimum absolute atomic E-state index is 0.0528.